The summed E-state index contributed by atoms with van der Waals surface area (Å²) >= 11 is 0. The van der Waals surface area contributed by atoms with Crippen molar-refractivity contribution in [3.05, 3.63) is 105 Å². The Labute approximate surface area is 178 Å². The van der Waals surface area contributed by atoms with Crippen LogP contribution in [0.5, 0.6) is 0 Å². The molecule has 0 aliphatic carbocycles. The number of hydrogen-bond acceptors (Lipinski definition) is 5. The largest absolute Gasteiger partial charge is 0.378 e. The minimum atomic E-state index is -0.496. The molecule has 31 heavy (non-hydrogen) atoms. The van der Waals surface area contributed by atoms with Crippen molar-refractivity contribution in [1.29, 1.82) is 0 Å². The van der Waals surface area contributed by atoms with Gasteiger partial charge in [0.2, 0.25) is 0 Å². The third kappa shape index (κ3) is 3.93. The van der Waals surface area contributed by atoms with E-state index in [0.717, 1.165) is 11.3 Å². The van der Waals surface area contributed by atoms with Crippen LogP contribution in [0.1, 0.15) is 11.4 Å². The average molecular weight is 412 g/mol. The Balaban J connectivity index is 1.91. The first-order valence-corrected chi connectivity index (χ1v) is 9.67. The predicted octanol–water partition coefficient (Wildman–Crippen LogP) is 4.53. The van der Waals surface area contributed by atoms with Crippen molar-refractivity contribution in [3.8, 4) is 5.69 Å². The minimum Gasteiger partial charge on any atom is -0.378 e. The van der Waals surface area contributed by atoms with Crippen LogP contribution in [0.2, 0.25) is 0 Å². The number of rotatable bonds is 5. The third-order valence-electron chi connectivity index (χ3n) is 4.96. The highest BCUT2D eigenvalue weighted by molar-refractivity contribution is 5.80. The molecule has 4 rings (SSSR count). The molecule has 154 valence electrons. The van der Waals surface area contributed by atoms with Crippen molar-refractivity contribution >= 4 is 34.4 Å². The van der Waals surface area contributed by atoms with Crippen molar-refractivity contribution in [1.82, 2.24) is 9.55 Å². The van der Waals surface area contributed by atoms with Crippen molar-refractivity contribution in [3.63, 3.8) is 0 Å². The van der Waals surface area contributed by atoms with E-state index >= 15 is 0 Å². The SMILES string of the molecule is CN(C)c1ccc(/C=C/c2nc3ccccc3c(=O)n2-c2ccccc2[N+](=O)[O-])cc1. The third-order valence-corrected chi connectivity index (χ3v) is 4.96. The molecule has 0 saturated carbocycles. The molecule has 0 atom stereocenters. The number of aromatic nitrogens is 2. The summed E-state index contributed by atoms with van der Waals surface area (Å²) in [7, 11) is 3.94. The highest BCUT2D eigenvalue weighted by Gasteiger charge is 2.19. The van der Waals surface area contributed by atoms with Crippen LogP contribution in [0.15, 0.2) is 77.6 Å². The fourth-order valence-electron chi connectivity index (χ4n) is 3.36. The fraction of sp³-hybridized carbons (Fsp3) is 0.0833. The number of fused-ring (bicyclic) bond motifs is 1. The molecule has 1 aromatic heterocycles. The smallest absolute Gasteiger partial charge is 0.293 e. The van der Waals surface area contributed by atoms with E-state index in [2.05, 4.69) is 4.98 Å². The predicted molar refractivity (Wildman–Crippen MR) is 124 cm³/mol. The summed E-state index contributed by atoms with van der Waals surface area (Å²) in [6.45, 7) is 0. The molecule has 0 fully saturated rings. The normalized spacial score (nSPS) is 11.2. The van der Waals surface area contributed by atoms with Gasteiger partial charge in [0.1, 0.15) is 11.5 Å². The monoisotopic (exact) mass is 412 g/mol. The van der Waals surface area contributed by atoms with Gasteiger partial charge in [-0.05, 0) is 42.0 Å². The van der Waals surface area contributed by atoms with E-state index in [-0.39, 0.29) is 16.9 Å². The van der Waals surface area contributed by atoms with Crippen LogP contribution in [0, 0.1) is 10.1 Å². The van der Waals surface area contributed by atoms with Crippen LogP contribution in [-0.2, 0) is 0 Å². The number of anilines is 1. The Hall–Kier alpha value is -4.26. The van der Waals surface area contributed by atoms with Gasteiger partial charge in [0.25, 0.3) is 11.2 Å². The Morgan fingerprint density at radius 2 is 1.61 bits per heavy atom. The van der Waals surface area contributed by atoms with Gasteiger partial charge in [0.05, 0.1) is 15.8 Å². The molecule has 1 heterocycles. The molecule has 3 aromatic carbocycles. The highest BCUT2D eigenvalue weighted by atomic mass is 16.6. The van der Waals surface area contributed by atoms with Crippen LogP contribution in [0.4, 0.5) is 11.4 Å². The topological polar surface area (TPSA) is 81.3 Å². The molecular weight excluding hydrogens is 392 g/mol. The summed E-state index contributed by atoms with van der Waals surface area (Å²) in [5.41, 5.74) is 2.18. The van der Waals surface area contributed by atoms with E-state index in [4.69, 9.17) is 0 Å². The van der Waals surface area contributed by atoms with E-state index < -0.39 is 4.92 Å². The van der Waals surface area contributed by atoms with Crippen molar-refractivity contribution < 1.29 is 4.92 Å². The van der Waals surface area contributed by atoms with Crippen molar-refractivity contribution in [2.45, 2.75) is 0 Å². The van der Waals surface area contributed by atoms with E-state index in [1.807, 2.05) is 49.3 Å². The van der Waals surface area contributed by atoms with Crippen LogP contribution >= 0.6 is 0 Å². The van der Waals surface area contributed by atoms with Gasteiger partial charge in [0.15, 0.2) is 0 Å². The van der Waals surface area contributed by atoms with Gasteiger partial charge in [-0.15, -0.1) is 0 Å². The molecule has 0 bridgehead atoms. The molecule has 0 radical (unpaired) electrons. The van der Waals surface area contributed by atoms with Gasteiger partial charge in [-0.1, -0.05) is 42.5 Å². The molecule has 0 unspecified atom stereocenters. The maximum absolute atomic E-state index is 13.3. The van der Waals surface area contributed by atoms with Gasteiger partial charge in [-0.2, -0.15) is 0 Å². The van der Waals surface area contributed by atoms with E-state index in [9.17, 15) is 14.9 Å². The summed E-state index contributed by atoms with van der Waals surface area (Å²) in [6, 6.07) is 21.0. The first-order chi connectivity index (χ1) is 15.0. The van der Waals surface area contributed by atoms with E-state index in [1.165, 1.54) is 10.6 Å². The summed E-state index contributed by atoms with van der Waals surface area (Å²) in [4.78, 5) is 31.0. The molecule has 0 aliphatic rings. The quantitative estimate of drug-likeness (QED) is 0.355. The molecule has 0 spiro atoms. The summed E-state index contributed by atoms with van der Waals surface area (Å²) in [6.07, 6.45) is 3.54. The van der Waals surface area contributed by atoms with Crippen molar-refractivity contribution in [2.75, 3.05) is 19.0 Å². The maximum Gasteiger partial charge on any atom is 0.293 e. The fourth-order valence-corrected chi connectivity index (χ4v) is 3.36. The van der Waals surface area contributed by atoms with Gasteiger partial charge in [-0.3, -0.25) is 19.5 Å². The molecule has 7 heteroatoms. The maximum atomic E-state index is 13.3. The lowest BCUT2D eigenvalue weighted by Gasteiger charge is -2.12. The van der Waals surface area contributed by atoms with Crippen LogP contribution in [0.3, 0.4) is 0 Å². The first kappa shape index (κ1) is 20.0. The second kappa shape index (κ2) is 8.23. The summed E-state index contributed by atoms with van der Waals surface area (Å²) in [5, 5.41) is 12.0. The van der Waals surface area contributed by atoms with Crippen molar-refractivity contribution in [2.24, 2.45) is 0 Å². The second-order valence-corrected chi connectivity index (χ2v) is 7.19. The summed E-state index contributed by atoms with van der Waals surface area (Å²) in [5.74, 6) is 0.315. The number of nitro groups is 1. The molecule has 0 N–H and O–H groups in total. The Morgan fingerprint density at radius 1 is 0.935 bits per heavy atom. The van der Waals surface area contributed by atoms with Crippen LogP contribution in [-0.4, -0.2) is 28.6 Å². The molecule has 0 aliphatic heterocycles. The lowest BCUT2D eigenvalue weighted by atomic mass is 10.1. The van der Waals surface area contributed by atoms with Gasteiger partial charge < -0.3 is 4.90 Å². The number of nitro benzene ring substituents is 1. The van der Waals surface area contributed by atoms with Gasteiger partial charge in [0, 0.05) is 25.8 Å². The lowest BCUT2D eigenvalue weighted by Crippen LogP contribution is -2.23. The van der Waals surface area contributed by atoms with Gasteiger partial charge >= 0.3 is 0 Å². The molecule has 7 nitrogen and oxygen atoms in total. The zero-order valence-corrected chi connectivity index (χ0v) is 17.1. The number of benzene rings is 3. The highest BCUT2D eigenvalue weighted by Crippen LogP contribution is 2.24. The number of nitrogens with zero attached hydrogens (tertiary/aromatic N) is 4. The Kier molecular flexibility index (Phi) is 5.32. The molecule has 0 amide bonds. The summed E-state index contributed by atoms with van der Waals surface area (Å²) < 4.78 is 1.30. The molecule has 0 saturated heterocycles. The van der Waals surface area contributed by atoms with E-state index in [1.54, 1.807) is 48.5 Å². The Morgan fingerprint density at radius 3 is 2.32 bits per heavy atom. The number of para-hydroxylation sites is 3. The number of hydrogen-bond donors (Lipinski definition) is 0. The average Bonchev–Trinajstić information content (AvgIpc) is 2.78. The lowest BCUT2D eigenvalue weighted by molar-refractivity contribution is -0.384. The standard InChI is InChI=1S/C24H20N4O3/c1-26(2)18-14-11-17(12-15-18)13-16-23-25-20-8-4-3-7-19(20)24(29)27(23)21-9-5-6-10-22(21)28(30)31/h3-16H,1-2H3/b16-13+. The Bertz CT molecular complexity index is 1360. The zero-order chi connectivity index (χ0) is 22.0. The van der Waals surface area contributed by atoms with Crippen LogP contribution < -0.4 is 10.5 Å². The molecule has 4 aromatic rings. The molecular formula is C24H20N4O3. The first-order valence-electron chi connectivity index (χ1n) is 9.67. The zero-order valence-electron chi connectivity index (χ0n) is 17.1. The minimum absolute atomic E-state index is 0.160. The van der Waals surface area contributed by atoms with Crippen LogP contribution in [0.25, 0.3) is 28.7 Å². The van der Waals surface area contributed by atoms with E-state index in [0.29, 0.717) is 16.7 Å². The van der Waals surface area contributed by atoms with Gasteiger partial charge in [-0.25, -0.2) is 4.98 Å². The second-order valence-electron chi connectivity index (χ2n) is 7.19.